The Labute approximate surface area is 90.9 Å². The van der Waals surface area contributed by atoms with Crippen molar-refractivity contribution in [2.24, 2.45) is 0 Å². The fourth-order valence-corrected chi connectivity index (χ4v) is 1.02. The third-order valence-corrected chi connectivity index (χ3v) is 1.83. The van der Waals surface area contributed by atoms with Gasteiger partial charge in [0.2, 0.25) is 0 Å². The van der Waals surface area contributed by atoms with Crippen molar-refractivity contribution in [2.75, 3.05) is 13.6 Å². The Hall–Kier alpha value is 1.24. The Bertz CT molecular complexity index is 97.0. The predicted octanol–water partition coefficient (Wildman–Crippen LogP) is -2.23. The van der Waals surface area contributed by atoms with Crippen LogP contribution >= 0.6 is 12.2 Å². The molecule has 4 heteroatoms. The van der Waals surface area contributed by atoms with E-state index in [2.05, 4.69) is 11.9 Å². The van der Waals surface area contributed by atoms with Gasteiger partial charge in [0.15, 0.2) is 0 Å². The molecule has 0 aromatic carbocycles. The van der Waals surface area contributed by atoms with Crippen LogP contribution in [-0.2, 0) is 13.5 Å². The van der Waals surface area contributed by atoms with Crippen LogP contribution in [0.3, 0.4) is 0 Å². The molecule has 0 amide bonds. The van der Waals surface area contributed by atoms with Gasteiger partial charge in [-0.05, 0) is 12.8 Å². The van der Waals surface area contributed by atoms with E-state index in [-0.39, 0.29) is 43.1 Å². The molecule has 0 radical (unpaired) electrons. The third-order valence-electron chi connectivity index (χ3n) is 1.31. The number of hydrogen-bond acceptors (Lipinski definition) is 2. The average Bonchev–Trinajstić information content (AvgIpc) is 1.91. The standard InChI is InChI=1S/C5H9NS.Na.H2S/c1-6-4-2-3-5(6)7;;/h2-4H2,1H3;;1H2/q;+1;/p-1. The first-order valence-corrected chi connectivity index (χ1v) is 2.95. The maximum absolute atomic E-state index is 4.97. The smallest absolute Gasteiger partial charge is 0.813 e. The zero-order valence-electron chi connectivity index (χ0n) is 5.92. The second-order valence-corrected chi connectivity index (χ2v) is 2.39. The summed E-state index contributed by atoms with van der Waals surface area (Å²) in [5.41, 5.74) is 0. The summed E-state index contributed by atoms with van der Waals surface area (Å²) in [6.45, 7) is 1.17. The minimum atomic E-state index is 0. The number of hydrogen-bond donors (Lipinski definition) is 0. The first-order valence-electron chi connectivity index (χ1n) is 2.54. The molecule has 1 heterocycles. The molecule has 0 bridgehead atoms. The summed E-state index contributed by atoms with van der Waals surface area (Å²) in [7, 11) is 2.05. The summed E-state index contributed by atoms with van der Waals surface area (Å²) in [6, 6.07) is 0. The van der Waals surface area contributed by atoms with Gasteiger partial charge in [-0.1, -0.05) is 12.2 Å². The summed E-state index contributed by atoms with van der Waals surface area (Å²) >= 11 is 4.97. The van der Waals surface area contributed by atoms with Crippen LogP contribution in [0.4, 0.5) is 0 Å². The molecule has 0 aromatic rings. The normalized spacial score (nSPS) is 16.6. The van der Waals surface area contributed by atoms with Crippen molar-refractivity contribution in [3.8, 4) is 0 Å². The van der Waals surface area contributed by atoms with Crippen LogP contribution in [0.25, 0.3) is 0 Å². The molecule has 0 N–H and O–H groups in total. The van der Waals surface area contributed by atoms with Crippen LogP contribution in [0, 0.1) is 0 Å². The largest absolute Gasteiger partial charge is 1.00 e. The van der Waals surface area contributed by atoms with Crippen LogP contribution in [0.2, 0.25) is 0 Å². The van der Waals surface area contributed by atoms with E-state index in [0.717, 1.165) is 11.4 Å². The molecule has 1 fully saturated rings. The molecular formula is C5H10NNaS2. The van der Waals surface area contributed by atoms with Gasteiger partial charge in [-0.3, -0.25) is 0 Å². The van der Waals surface area contributed by atoms with Crippen molar-refractivity contribution < 1.29 is 29.6 Å². The number of likely N-dealkylation sites (tertiary alicyclic amines) is 1. The van der Waals surface area contributed by atoms with Gasteiger partial charge in [-0.25, -0.2) is 0 Å². The molecule has 1 nitrogen and oxygen atoms in total. The molecule has 1 saturated heterocycles. The van der Waals surface area contributed by atoms with Crippen molar-refractivity contribution in [1.82, 2.24) is 4.90 Å². The second kappa shape index (κ2) is 5.98. The van der Waals surface area contributed by atoms with Crippen molar-refractivity contribution in [1.29, 1.82) is 0 Å². The Morgan fingerprint density at radius 2 is 2.11 bits per heavy atom. The fourth-order valence-electron chi connectivity index (χ4n) is 0.783. The van der Waals surface area contributed by atoms with Crippen LogP contribution in [-0.4, -0.2) is 23.5 Å². The third kappa shape index (κ3) is 3.83. The van der Waals surface area contributed by atoms with Crippen molar-refractivity contribution in [3.63, 3.8) is 0 Å². The Morgan fingerprint density at radius 3 is 2.22 bits per heavy atom. The summed E-state index contributed by atoms with van der Waals surface area (Å²) < 4.78 is 0. The van der Waals surface area contributed by atoms with Gasteiger partial charge in [0, 0.05) is 13.6 Å². The van der Waals surface area contributed by atoms with Crippen molar-refractivity contribution in [3.05, 3.63) is 0 Å². The molecule has 0 saturated carbocycles. The summed E-state index contributed by atoms with van der Waals surface area (Å²) in [5, 5.41) is 0. The first kappa shape index (κ1) is 12.9. The van der Waals surface area contributed by atoms with Gasteiger partial charge in [0.25, 0.3) is 0 Å². The van der Waals surface area contributed by atoms with E-state index in [9.17, 15) is 0 Å². The van der Waals surface area contributed by atoms with E-state index in [4.69, 9.17) is 12.2 Å². The van der Waals surface area contributed by atoms with Gasteiger partial charge < -0.3 is 18.4 Å². The van der Waals surface area contributed by atoms with Crippen LogP contribution in [0.15, 0.2) is 0 Å². The first-order chi connectivity index (χ1) is 3.30. The molecule has 1 rings (SSSR count). The van der Waals surface area contributed by atoms with E-state index >= 15 is 0 Å². The van der Waals surface area contributed by atoms with E-state index < -0.39 is 0 Å². The van der Waals surface area contributed by atoms with Crippen molar-refractivity contribution in [2.45, 2.75) is 12.8 Å². The molecule has 1 aliphatic rings. The second-order valence-electron chi connectivity index (χ2n) is 1.92. The predicted molar refractivity (Wildman–Crippen MR) is 43.2 cm³/mol. The Kier molecular flexibility index (Phi) is 8.56. The maximum Gasteiger partial charge on any atom is 1.00 e. The minimum Gasteiger partial charge on any atom is -0.813 e. The summed E-state index contributed by atoms with van der Waals surface area (Å²) in [5.74, 6) is 0. The van der Waals surface area contributed by atoms with E-state index in [1.165, 1.54) is 13.0 Å². The van der Waals surface area contributed by atoms with Crippen LogP contribution < -0.4 is 29.6 Å². The summed E-state index contributed by atoms with van der Waals surface area (Å²) in [4.78, 5) is 3.26. The molecule has 0 aliphatic carbocycles. The monoisotopic (exact) mass is 171 g/mol. The molecule has 9 heavy (non-hydrogen) atoms. The van der Waals surface area contributed by atoms with Gasteiger partial charge in [-0.2, -0.15) is 0 Å². The van der Waals surface area contributed by atoms with Crippen molar-refractivity contribution >= 4 is 30.7 Å². The number of nitrogens with zero attached hydrogens (tertiary/aromatic N) is 1. The summed E-state index contributed by atoms with van der Waals surface area (Å²) in [6.07, 6.45) is 2.39. The van der Waals surface area contributed by atoms with Crippen LogP contribution in [0.5, 0.6) is 0 Å². The molecule has 0 atom stereocenters. The quantitative estimate of drug-likeness (QED) is 0.176. The molecule has 0 aromatic heterocycles. The zero-order chi connectivity index (χ0) is 5.28. The topological polar surface area (TPSA) is 3.24 Å². The Morgan fingerprint density at radius 1 is 1.56 bits per heavy atom. The molecular weight excluding hydrogens is 161 g/mol. The number of thiocarbonyl (C=S) groups is 1. The molecule has 48 valence electrons. The van der Waals surface area contributed by atoms with E-state index in [1.807, 2.05) is 0 Å². The van der Waals surface area contributed by atoms with Gasteiger partial charge in [0.1, 0.15) is 0 Å². The molecule has 1 aliphatic heterocycles. The van der Waals surface area contributed by atoms with Crippen LogP contribution in [0.1, 0.15) is 12.8 Å². The maximum atomic E-state index is 4.97. The number of rotatable bonds is 0. The SMILES string of the molecule is CN1CCCC1=S.[Na+].[SH-]. The van der Waals surface area contributed by atoms with Gasteiger partial charge in [-0.15, -0.1) is 0 Å². The van der Waals surface area contributed by atoms with Gasteiger partial charge in [0.05, 0.1) is 4.99 Å². The van der Waals surface area contributed by atoms with E-state index in [1.54, 1.807) is 0 Å². The fraction of sp³-hybridized carbons (Fsp3) is 0.800. The molecule has 0 spiro atoms. The average molecular weight is 171 g/mol. The zero-order valence-corrected chi connectivity index (χ0v) is 9.63. The minimum absolute atomic E-state index is 0. The van der Waals surface area contributed by atoms with Gasteiger partial charge >= 0.3 is 29.6 Å². The number of thiol groups is 1. The Balaban J connectivity index is 0. The molecule has 0 unspecified atom stereocenters. The van der Waals surface area contributed by atoms with E-state index in [0.29, 0.717) is 0 Å².